The van der Waals surface area contributed by atoms with Gasteiger partial charge in [0, 0.05) is 6.42 Å². The molecule has 4 heteroatoms. The molecule has 0 aliphatic heterocycles. The fourth-order valence-electron chi connectivity index (χ4n) is 2.93. The Hall–Kier alpha value is -3.27. The van der Waals surface area contributed by atoms with Crippen LogP contribution in [0.5, 0.6) is 0 Å². The topological polar surface area (TPSA) is 34.9 Å². The number of benzene rings is 3. The first kappa shape index (κ1) is 15.3. The molecule has 4 rings (SSSR count). The molecule has 3 nitrogen and oxygen atoms in total. The second-order valence-corrected chi connectivity index (χ2v) is 5.82. The first-order valence-corrected chi connectivity index (χ1v) is 8.03. The Morgan fingerprint density at radius 1 is 0.840 bits per heavy atom. The summed E-state index contributed by atoms with van der Waals surface area (Å²) in [5.41, 5.74) is 2.18. The van der Waals surface area contributed by atoms with E-state index in [1.54, 1.807) is 22.8 Å². The lowest BCUT2D eigenvalue weighted by molar-refractivity contribution is 0.627. The van der Waals surface area contributed by atoms with Crippen LogP contribution in [0.15, 0.2) is 83.7 Å². The van der Waals surface area contributed by atoms with Crippen LogP contribution >= 0.6 is 0 Å². The third-order valence-corrected chi connectivity index (χ3v) is 4.14. The number of fused-ring (bicyclic) bond motifs is 1. The largest absolute Gasteiger partial charge is 0.268 e. The number of para-hydroxylation sites is 1. The minimum absolute atomic E-state index is 0.150. The predicted octanol–water partition coefficient (Wildman–Crippen LogP) is 4.12. The highest BCUT2D eigenvalue weighted by Gasteiger charge is 2.13. The minimum Gasteiger partial charge on any atom is -0.268 e. The molecule has 0 N–H and O–H groups in total. The fraction of sp³-hybridized carbons (Fsp3) is 0.0476. The molecule has 122 valence electrons. The lowest BCUT2D eigenvalue weighted by Crippen LogP contribution is -2.24. The maximum atomic E-state index is 13.3. The van der Waals surface area contributed by atoms with Gasteiger partial charge in [0.25, 0.3) is 5.56 Å². The zero-order valence-corrected chi connectivity index (χ0v) is 13.4. The SMILES string of the molecule is O=c1c2ccccc2nc(Cc2ccccc2)n1-c1ccc(F)cc1. The summed E-state index contributed by atoms with van der Waals surface area (Å²) in [6, 6.07) is 23.0. The van der Waals surface area contributed by atoms with E-state index in [9.17, 15) is 9.18 Å². The predicted molar refractivity (Wildman–Crippen MR) is 96.5 cm³/mol. The fourth-order valence-corrected chi connectivity index (χ4v) is 2.93. The van der Waals surface area contributed by atoms with E-state index in [4.69, 9.17) is 4.98 Å². The highest BCUT2D eigenvalue weighted by molar-refractivity contribution is 5.77. The van der Waals surface area contributed by atoms with E-state index >= 15 is 0 Å². The Morgan fingerprint density at radius 2 is 1.52 bits per heavy atom. The minimum atomic E-state index is -0.338. The average Bonchev–Trinajstić information content (AvgIpc) is 2.64. The van der Waals surface area contributed by atoms with Crippen LogP contribution in [0.4, 0.5) is 4.39 Å². The number of nitrogens with zero attached hydrogens (tertiary/aromatic N) is 2. The van der Waals surface area contributed by atoms with Crippen molar-refractivity contribution in [3.8, 4) is 5.69 Å². The van der Waals surface area contributed by atoms with Gasteiger partial charge in [0.05, 0.1) is 16.6 Å². The summed E-state index contributed by atoms with van der Waals surface area (Å²) in [7, 11) is 0. The number of halogens is 1. The second-order valence-electron chi connectivity index (χ2n) is 5.82. The molecule has 0 fully saturated rings. The van der Waals surface area contributed by atoms with Crippen molar-refractivity contribution in [3.63, 3.8) is 0 Å². The van der Waals surface area contributed by atoms with E-state index in [-0.39, 0.29) is 11.4 Å². The van der Waals surface area contributed by atoms with Crippen molar-refractivity contribution >= 4 is 10.9 Å². The van der Waals surface area contributed by atoms with Gasteiger partial charge in [-0.3, -0.25) is 9.36 Å². The molecule has 25 heavy (non-hydrogen) atoms. The van der Waals surface area contributed by atoms with Gasteiger partial charge in [0.2, 0.25) is 0 Å². The Bertz CT molecular complexity index is 1090. The third-order valence-electron chi connectivity index (χ3n) is 4.14. The quantitative estimate of drug-likeness (QED) is 0.566. The van der Waals surface area contributed by atoms with E-state index in [2.05, 4.69) is 0 Å². The average molecular weight is 330 g/mol. The zero-order valence-electron chi connectivity index (χ0n) is 13.4. The van der Waals surface area contributed by atoms with Crippen LogP contribution < -0.4 is 5.56 Å². The summed E-state index contributed by atoms with van der Waals surface area (Å²) >= 11 is 0. The molecule has 0 aliphatic carbocycles. The Balaban J connectivity index is 1.97. The smallest absolute Gasteiger partial charge is 0.265 e. The molecule has 1 aromatic heterocycles. The van der Waals surface area contributed by atoms with E-state index in [1.807, 2.05) is 48.5 Å². The molecule has 0 bridgehead atoms. The number of aromatic nitrogens is 2. The normalized spacial score (nSPS) is 10.9. The second kappa shape index (κ2) is 6.32. The third kappa shape index (κ3) is 2.94. The molecule has 1 heterocycles. The maximum Gasteiger partial charge on any atom is 0.265 e. The van der Waals surface area contributed by atoms with E-state index < -0.39 is 0 Å². The summed E-state index contributed by atoms with van der Waals surface area (Å²) in [5, 5.41) is 0.545. The molecule has 3 aromatic carbocycles. The number of rotatable bonds is 3. The van der Waals surface area contributed by atoms with Crippen molar-refractivity contribution in [1.82, 2.24) is 9.55 Å². The highest BCUT2D eigenvalue weighted by atomic mass is 19.1. The van der Waals surface area contributed by atoms with Gasteiger partial charge in [-0.05, 0) is 42.0 Å². The van der Waals surface area contributed by atoms with E-state index in [1.165, 1.54) is 12.1 Å². The summed E-state index contributed by atoms with van der Waals surface area (Å²) in [6.45, 7) is 0. The summed E-state index contributed by atoms with van der Waals surface area (Å²) in [5.74, 6) is 0.289. The standard InChI is InChI=1S/C21H15FN2O/c22-16-10-12-17(13-11-16)24-20(14-15-6-2-1-3-7-15)23-19-9-5-4-8-18(19)21(24)25/h1-13H,14H2. The first-order chi connectivity index (χ1) is 12.2. The molecular formula is C21H15FN2O. The molecule has 0 radical (unpaired) electrons. The van der Waals surface area contributed by atoms with Crippen LogP contribution in [0.2, 0.25) is 0 Å². The van der Waals surface area contributed by atoms with Crippen LogP contribution in [-0.4, -0.2) is 9.55 Å². The van der Waals surface area contributed by atoms with Crippen molar-refractivity contribution in [1.29, 1.82) is 0 Å². The first-order valence-electron chi connectivity index (χ1n) is 8.03. The van der Waals surface area contributed by atoms with Gasteiger partial charge in [-0.25, -0.2) is 9.37 Å². The van der Waals surface area contributed by atoms with Gasteiger partial charge >= 0.3 is 0 Å². The summed E-state index contributed by atoms with van der Waals surface area (Å²) < 4.78 is 14.9. The van der Waals surface area contributed by atoms with Crippen molar-refractivity contribution in [3.05, 3.63) is 106 Å². The van der Waals surface area contributed by atoms with Gasteiger partial charge in [-0.2, -0.15) is 0 Å². The Morgan fingerprint density at radius 3 is 2.28 bits per heavy atom. The van der Waals surface area contributed by atoms with Gasteiger partial charge < -0.3 is 0 Å². The lowest BCUT2D eigenvalue weighted by atomic mass is 10.1. The van der Waals surface area contributed by atoms with Crippen LogP contribution in [0.1, 0.15) is 11.4 Å². The molecule has 0 spiro atoms. The molecule has 4 aromatic rings. The van der Waals surface area contributed by atoms with Crippen molar-refractivity contribution in [2.24, 2.45) is 0 Å². The van der Waals surface area contributed by atoms with Gasteiger partial charge in [-0.15, -0.1) is 0 Å². The van der Waals surface area contributed by atoms with Crippen molar-refractivity contribution in [2.75, 3.05) is 0 Å². The molecule has 0 atom stereocenters. The Kier molecular flexibility index (Phi) is 3.86. The molecule has 0 aliphatic rings. The van der Waals surface area contributed by atoms with Gasteiger partial charge in [-0.1, -0.05) is 42.5 Å². The molecule has 0 amide bonds. The molecule has 0 unspecified atom stereocenters. The lowest BCUT2D eigenvalue weighted by Gasteiger charge is -2.14. The summed E-state index contributed by atoms with van der Waals surface area (Å²) in [4.78, 5) is 17.8. The highest BCUT2D eigenvalue weighted by Crippen LogP contribution is 2.16. The molecule has 0 saturated heterocycles. The summed E-state index contributed by atoms with van der Waals surface area (Å²) in [6.07, 6.45) is 0.512. The van der Waals surface area contributed by atoms with E-state index in [0.717, 1.165) is 5.56 Å². The van der Waals surface area contributed by atoms with Crippen LogP contribution in [0, 0.1) is 5.82 Å². The maximum absolute atomic E-state index is 13.3. The monoisotopic (exact) mass is 330 g/mol. The Labute approximate surface area is 144 Å². The van der Waals surface area contributed by atoms with Gasteiger partial charge in [0.1, 0.15) is 11.6 Å². The zero-order chi connectivity index (χ0) is 17.2. The molecule has 0 saturated carbocycles. The number of hydrogen-bond acceptors (Lipinski definition) is 2. The van der Waals surface area contributed by atoms with Crippen LogP contribution in [-0.2, 0) is 6.42 Å². The van der Waals surface area contributed by atoms with E-state index in [0.29, 0.717) is 28.8 Å². The van der Waals surface area contributed by atoms with Crippen molar-refractivity contribution < 1.29 is 4.39 Å². The molecular weight excluding hydrogens is 315 g/mol. The van der Waals surface area contributed by atoms with Crippen molar-refractivity contribution in [2.45, 2.75) is 6.42 Å². The van der Waals surface area contributed by atoms with Gasteiger partial charge in [0.15, 0.2) is 0 Å². The van der Waals surface area contributed by atoms with Crippen LogP contribution in [0.3, 0.4) is 0 Å². The number of hydrogen-bond donors (Lipinski definition) is 0. The van der Waals surface area contributed by atoms with Crippen LogP contribution in [0.25, 0.3) is 16.6 Å².